The monoisotopic (exact) mass is 559 g/mol. The summed E-state index contributed by atoms with van der Waals surface area (Å²) >= 11 is 0. The fourth-order valence-corrected chi connectivity index (χ4v) is 5.62. The topological polar surface area (TPSA) is 46.5 Å². The van der Waals surface area contributed by atoms with Crippen LogP contribution in [0.15, 0.2) is 24.3 Å². The van der Waals surface area contributed by atoms with Gasteiger partial charge in [0.2, 0.25) is 0 Å². The first kappa shape index (κ1) is 36.5. The van der Waals surface area contributed by atoms with Crippen LogP contribution < -0.4 is 0 Å². The van der Waals surface area contributed by atoms with Gasteiger partial charge in [0.1, 0.15) is 5.75 Å². The maximum absolute atomic E-state index is 11.9. The standard InChI is InChI=1S/C37H66O3/c1-2-3-4-5-6-7-8-9-10-11-12-13-14-15-16-17-18-19-20-21-22-23-24-25-26-27-28-29-34-40-37(39)35-30-32-36(38)33-31-35/h30-33,38H,2-29,34H2,1H3. The quantitative estimate of drug-likeness (QED) is 0.0754. The van der Waals surface area contributed by atoms with Gasteiger partial charge >= 0.3 is 5.97 Å². The number of carbonyl (C=O) groups excluding carboxylic acids is 1. The molecule has 0 bridgehead atoms. The minimum Gasteiger partial charge on any atom is -0.508 e. The number of phenolic OH excluding ortho intramolecular Hbond substituents is 1. The van der Waals surface area contributed by atoms with Crippen molar-refractivity contribution < 1.29 is 14.6 Å². The third kappa shape index (κ3) is 24.3. The second-order valence-electron chi connectivity index (χ2n) is 12.2. The molecule has 0 saturated carbocycles. The molecular formula is C37H66O3. The molecule has 0 amide bonds. The van der Waals surface area contributed by atoms with Crippen LogP contribution in [0.5, 0.6) is 5.75 Å². The lowest BCUT2D eigenvalue weighted by Gasteiger charge is -2.05. The van der Waals surface area contributed by atoms with E-state index in [0.717, 1.165) is 12.8 Å². The van der Waals surface area contributed by atoms with Crippen LogP contribution in [0.25, 0.3) is 0 Å². The molecule has 3 heteroatoms. The van der Waals surface area contributed by atoms with Crippen molar-refractivity contribution in [2.24, 2.45) is 0 Å². The number of hydrogen-bond acceptors (Lipinski definition) is 3. The molecule has 0 atom stereocenters. The predicted octanol–water partition coefficient (Wildman–Crippen LogP) is 12.5. The number of unbranched alkanes of at least 4 members (excludes halogenated alkanes) is 27. The third-order valence-corrected chi connectivity index (χ3v) is 8.33. The normalized spacial score (nSPS) is 11.2. The van der Waals surface area contributed by atoms with Crippen LogP contribution in [0.2, 0.25) is 0 Å². The highest BCUT2D eigenvalue weighted by Crippen LogP contribution is 2.16. The predicted molar refractivity (Wildman–Crippen MR) is 173 cm³/mol. The van der Waals surface area contributed by atoms with E-state index in [-0.39, 0.29) is 11.7 Å². The largest absolute Gasteiger partial charge is 0.508 e. The van der Waals surface area contributed by atoms with Crippen LogP contribution in [0.3, 0.4) is 0 Å². The van der Waals surface area contributed by atoms with Crippen LogP contribution in [0.1, 0.15) is 197 Å². The van der Waals surface area contributed by atoms with E-state index in [4.69, 9.17) is 4.74 Å². The van der Waals surface area contributed by atoms with Crippen molar-refractivity contribution >= 4 is 5.97 Å². The highest BCUT2D eigenvalue weighted by Gasteiger charge is 2.06. The number of hydrogen-bond donors (Lipinski definition) is 1. The second-order valence-corrected chi connectivity index (χ2v) is 12.2. The molecule has 0 aliphatic heterocycles. The molecule has 0 aromatic heterocycles. The summed E-state index contributed by atoms with van der Waals surface area (Å²) in [6.07, 6.45) is 39.1. The second kappa shape index (κ2) is 29.0. The lowest BCUT2D eigenvalue weighted by atomic mass is 10.0. The van der Waals surface area contributed by atoms with E-state index < -0.39 is 0 Å². The lowest BCUT2D eigenvalue weighted by molar-refractivity contribution is 0.0497. The van der Waals surface area contributed by atoms with Gasteiger partial charge in [0.25, 0.3) is 0 Å². The molecule has 0 heterocycles. The van der Waals surface area contributed by atoms with E-state index in [0.29, 0.717) is 12.2 Å². The van der Waals surface area contributed by atoms with Gasteiger partial charge in [-0.25, -0.2) is 4.79 Å². The third-order valence-electron chi connectivity index (χ3n) is 8.33. The Kier molecular flexibility index (Phi) is 26.5. The van der Waals surface area contributed by atoms with Crippen molar-refractivity contribution in [1.29, 1.82) is 0 Å². The van der Waals surface area contributed by atoms with Gasteiger partial charge < -0.3 is 9.84 Å². The molecule has 0 aliphatic carbocycles. The number of carbonyl (C=O) groups is 1. The maximum Gasteiger partial charge on any atom is 0.338 e. The first-order chi connectivity index (χ1) is 19.7. The van der Waals surface area contributed by atoms with Crippen molar-refractivity contribution in [2.75, 3.05) is 6.61 Å². The Bertz CT molecular complexity index is 654. The molecule has 3 nitrogen and oxygen atoms in total. The zero-order valence-electron chi connectivity index (χ0n) is 26.6. The molecule has 0 fully saturated rings. The van der Waals surface area contributed by atoms with E-state index in [1.807, 2.05) is 0 Å². The average molecular weight is 559 g/mol. The van der Waals surface area contributed by atoms with Crippen LogP contribution >= 0.6 is 0 Å². The molecule has 232 valence electrons. The fourth-order valence-electron chi connectivity index (χ4n) is 5.62. The summed E-state index contributed by atoms with van der Waals surface area (Å²) in [5.74, 6) is -0.137. The van der Waals surface area contributed by atoms with E-state index in [2.05, 4.69) is 6.92 Å². The van der Waals surface area contributed by atoms with Gasteiger partial charge in [-0.05, 0) is 30.7 Å². The van der Waals surface area contributed by atoms with E-state index in [1.165, 1.54) is 179 Å². The zero-order chi connectivity index (χ0) is 28.8. The van der Waals surface area contributed by atoms with E-state index in [1.54, 1.807) is 12.1 Å². The Hall–Kier alpha value is -1.51. The van der Waals surface area contributed by atoms with Gasteiger partial charge in [-0.1, -0.05) is 180 Å². The summed E-state index contributed by atoms with van der Waals surface area (Å²) in [6.45, 7) is 2.78. The minimum atomic E-state index is -0.301. The van der Waals surface area contributed by atoms with Gasteiger partial charge in [-0.15, -0.1) is 0 Å². The summed E-state index contributed by atoms with van der Waals surface area (Å²) in [6, 6.07) is 6.22. The van der Waals surface area contributed by atoms with E-state index in [9.17, 15) is 9.90 Å². The molecule has 0 aliphatic rings. The molecule has 1 rings (SSSR count). The number of benzene rings is 1. The number of phenols is 1. The van der Waals surface area contributed by atoms with Gasteiger partial charge in [-0.2, -0.15) is 0 Å². The minimum absolute atomic E-state index is 0.164. The Morgan fingerprint density at radius 1 is 0.475 bits per heavy atom. The molecule has 0 radical (unpaired) electrons. The van der Waals surface area contributed by atoms with Crippen LogP contribution in [-0.2, 0) is 4.74 Å². The first-order valence-corrected chi connectivity index (χ1v) is 17.7. The lowest BCUT2D eigenvalue weighted by Crippen LogP contribution is -2.06. The summed E-state index contributed by atoms with van der Waals surface area (Å²) in [4.78, 5) is 11.9. The van der Waals surface area contributed by atoms with Crippen molar-refractivity contribution in [3.8, 4) is 5.75 Å². The maximum atomic E-state index is 11.9. The van der Waals surface area contributed by atoms with Crippen molar-refractivity contribution in [2.45, 2.75) is 187 Å². The molecule has 0 unspecified atom stereocenters. The van der Waals surface area contributed by atoms with Crippen molar-refractivity contribution in [3.05, 3.63) is 29.8 Å². The molecule has 0 saturated heterocycles. The molecule has 1 N–H and O–H groups in total. The summed E-state index contributed by atoms with van der Waals surface area (Å²) in [5.41, 5.74) is 0.498. The summed E-state index contributed by atoms with van der Waals surface area (Å²) in [5, 5.41) is 9.28. The Morgan fingerprint density at radius 2 is 0.750 bits per heavy atom. The van der Waals surface area contributed by atoms with Gasteiger partial charge in [0.15, 0.2) is 0 Å². The molecule has 0 spiro atoms. The Morgan fingerprint density at radius 3 is 1.05 bits per heavy atom. The highest BCUT2D eigenvalue weighted by atomic mass is 16.5. The number of ether oxygens (including phenoxy) is 1. The van der Waals surface area contributed by atoms with Crippen molar-refractivity contribution in [1.82, 2.24) is 0 Å². The Labute approximate surface area is 249 Å². The van der Waals surface area contributed by atoms with Crippen molar-refractivity contribution in [3.63, 3.8) is 0 Å². The summed E-state index contributed by atoms with van der Waals surface area (Å²) < 4.78 is 5.31. The molecule has 1 aromatic rings. The molecular weight excluding hydrogens is 492 g/mol. The highest BCUT2D eigenvalue weighted by molar-refractivity contribution is 5.89. The van der Waals surface area contributed by atoms with Crippen LogP contribution in [-0.4, -0.2) is 17.7 Å². The molecule has 40 heavy (non-hydrogen) atoms. The van der Waals surface area contributed by atoms with Crippen LogP contribution in [0, 0.1) is 0 Å². The summed E-state index contributed by atoms with van der Waals surface area (Å²) in [7, 11) is 0. The smallest absolute Gasteiger partial charge is 0.338 e. The van der Waals surface area contributed by atoms with Gasteiger partial charge in [0, 0.05) is 0 Å². The van der Waals surface area contributed by atoms with Crippen LogP contribution in [0.4, 0.5) is 0 Å². The average Bonchev–Trinajstić information content (AvgIpc) is 2.96. The molecule has 1 aromatic carbocycles. The van der Waals surface area contributed by atoms with Gasteiger partial charge in [-0.3, -0.25) is 0 Å². The Balaban J connectivity index is 1.67. The zero-order valence-corrected chi connectivity index (χ0v) is 26.6. The number of rotatable bonds is 30. The number of aromatic hydroxyl groups is 1. The first-order valence-electron chi connectivity index (χ1n) is 17.7. The van der Waals surface area contributed by atoms with E-state index >= 15 is 0 Å². The van der Waals surface area contributed by atoms with Gasteiger partial charge in [0.05, 0.1) is 12.2 Å². The number of esters is 1. The fraction of sp³-hybridized carbons (Fsp3) is 0.811. The SMILES string of the molecule is CCCCCCCCCCCCCCCCCCCCCCCCCCCCCCOC(=O)c1ccc(O)cc1.